The molecule has 1 aromatic heterocycles. The molecule has 0 aliphatic heterocycles. The number of ether oxygens (including phenoxy) is 1. The van der Waals surface area contributed by atoms with E-state index >= 15 is 0 Å². The van der Waals surface area contributed by atoms with Crippen LogP contribution >= 0.6 is 0 Å². The van der Waals surface area contributed by atoms with Gasteiger partial charge in [-0.25, -0.2) is 4.98 Å². The van der Waals surface area contributed by atoms with E-state index in [1.54, 1.807) is 0 Å². The predicted molar refractivity (Wildman–Crippen MR) is 83.1 cm³/mol. The highest BCUT2D eigenvalue weighted by molar-refractivity contribution is 5.28. The van der Waals surface area contributed by atoms with Gasteiger partial charge in [0.2, 0.25) is 5.88 Å². The first-order valence-electron chi connectivity index (χ1n) is 7.48. The SMILES string of the molecule is C/C=C/COc1cc(CNC2CC2)cc(C(C)(C)C)n1. The van der Waals surface area contributed by atoms with Gasteiger partial charge < -0.3 is 10.1 Å². The van der Waals surface area contributed by atoms with E-state index < -0.39 is 0 Å². The number of hydrogen-bond acceptors (Lipinski definition) is 3. The van der Waals surface area contributed by atoms with E-state index in [0.717, 1.165) is 18.1 Å². The van der Waals surface area contributed by atoms with Gasteiger partial charge in [0.05, 0.1) is 5.69 Å². The highest BCUT2D eigenvalue weighted by atomic mass is 16.5. The first kappa shape index (κ1) is 15.0. The second kappa shape index (κ2) is 6.40. The summed E-state index contributed by atoms with van der Waals surface area (Å²) in [6.07, 6.45) is 6.60. The molecule has 3 heteroatoms. The van der Waals surface area contributed by atoms with Crippen molar-refractivity contribution in [2.45, 2.75) is 58.5 Å². The summed E-state index contributed by atoms with van der Waals surface area (Å²) >= 11 is 0. The maximum absolute atomic E-state index is 5.72. The summed E-state index contributed by atoms with van der Waals surface area (Å²) in [6.45, 7) is 10.0. The van der Waals surface area contributed by atoms with Crippen molar-refractivity contribution < 1.29 is 4.74 Å². The van der Waals surface area contributed by atoms with Gasteiger partial charge in [0.25, 0.3) is 0 Å². The number of allylic oxidation sites excluding steroid dienone is 1. The van der Waals surface area contributed by atoms with Gasteiger partial charge in [-0.15, -0.1) is 0 Å². The van der Waals surface area contributed by atoms with Crippen molar-refractivity contribution in [1.29, 1.82) is 0 Å². The second-order valence-electron chi connectivity index (χ2n) is 6.48. The van der Waals surface area contributed by atoms with Crippen molar-refractivity contribution in [3.8, 4) is 5.88 Å². The van der Waals surface area contributed by atoms with Crippen LogP contribution in [-0.2, 0) is 12.0 Å². The van der Waals surface area contributed by atoms with Crippen molar-refractivity contribution in [2.24, 2.45) is 0 Å². The number of pyridine rings is 1. The zero-order valence-corrected chi connectivity index (χ0v) is 13.1. The molecule has 1 aliphatic rings. The number of aromatic nitrogens is 1. The normalized spacial score (nSPS) is 15.8. The molecule has 1 saturated carbocycles. The van der Waals surface area contributed by atoms with Crippen molar-refractivity contribution in [1.82, 2.24) is 10.3 Å². The standard InChI is InChI=1S/C17H26N2O/c1-5-6-9-20-16-11-13(12-18-14-7-8-14)10-15(19-16)17(2,3)4/h5-6,10-11,14,18H,7-9,12H2,1-4H3/b6-5+. The van der Waals surface area contributed by atoms with E-state index in [1.807, 2.05) is 25.1 Å². The summed E-state index contributed by atoms with van der Waals surface area (Å²) in [5.74, 6) is 0.725. The Morgan fingerprint density at radius 3 is 2.70 bits per heavy atom. The van der Waals surface area contributed by atoms with Crippen LogP contribution in [0.2, 0.25) is 0 Å². The third-order valence-corrected chi connectivity index (χ3v) is 3.37. The molecule has 0 saturated heterocycles. The minimum atomic E-state index is 0.0360. The molecule has 1 fully saturated rings. The average molecular weight is 274 g/mol. The molecule has 1 aromatic rings. The average Bonchev–Trinajstić information content (AvgIpc) is 3.19. The molecule has 0 amide bonds. The third-order valence-electron chi connectivity index (χ3n) is 3.37. The molecular weight excluding hydrogens is 248 g/mol. The molecule has 1 N–H and O–H groups in total. The lowest BCUT2D eigenvalue weighted by Gasteiger charge is -2.20. The molecule has 0 atom stereocenters. The molecule has 20 heavy (non-hydrogen) atoms. The van der Waals surface area contributed by atoms with E-state index in [1.165, 1.54) is 18.4 Å². The first-order chi connectivity index (χ1) is 9.49. The van der Waals surface area contributed by atoms with Crippen molar-refractivity contribution in [3.05, 3.63) is 35.5 Å². The molecule has 0 radical (unpaired) electrons. The van der Waals surface area contributed by atoms with Crippen LogP contribution in [0.1, 0.15) is 51.8 Å². The highest BCUT2D eigenvalue weighted by Gasteiger charge is 2.21. The van der Waals surface area contributed by atoms with Crippen LogP contribution in [0.4, 0.5) is 0 Å². The van der Waals surface area contributed by atoms with Gasteiger partial charge in [0, 0.05) is 24.1 Å². The van der Waals surface area contributed by atoms with Crippen molar-refractivity contribution >= 4 is 0 Å². The van der Waals surface area contributed by atoms with E-state index in [-0.39, 0.29) is 5.41 Å². The fourth-order valence-corrected chi connectivity index (χ4v) is 1.90. The topological polar surface area (TPSA) is 34.1 Å². The molecule has 1 heterocycles. The van der Waals surface area contributed by atoms with E-state index in [4.69, 9.17) is 4.74 Å². The lowest BCUT2D eigenvalue weighted by atomic mass is 9.91. The monoisotopic (exact) mass is 274 g/mol. The summed E-state index contributed by atoms with van der Waals surface area (Å²) in [5, 5.41) is 3.55. The Labute approximate surface area is 122 Å². The van der Waals surface area contributed by atoms with Crippen molar-refractivity contribution in [2.75, 3.05) is 6.61 Å². The Hall–Kier alpha value is -1.35. The van der Waals surface area contributed by atoms with E-state index in [0.29, 0.717) is 12.6 Å². The Kier molecular flexibility index (Phi) is 4.81. The molecule has 2 rings (SSSR count). The summed E-state index contributed by atoms with van der Waals surface area (Å²) < 4.78 is 5.72. The van der Waals surface area contributed by atoms with Crippen LogP contribution in [0.15, 0.2) is 24.3 Å². The minimum absolute atomic E-state index is 0.0360. The molecule has 0 spiro atoms. The number of hydrogen-bond donors (Lipinski definition) is 1. The predicted octanol–water partition coefficient (Wildman–Crippen LogP) is 3.59. The van der Waals surface area contributed by atoms with Crippen LogP contribution < -0.4 is 10.1 Å². The quantitative estimate of drug-likeness (QED) is 0.805. The van der Waals surface area contributed by atoms with Gasteiger partial charge in [-0.1, -0.05) is 32.9 Å². The van der Waals surface area contributed by atoms with Gasteiger partial charge in [0.15, 0.2) is 0 Å². The third kappa shape index (κ3) is 4.64. The highest BCUT2D eigenvalue weighted by Crippen LogP contribution is 2.25. The van der Waals surface area contributed by atoms with Crippen LogP contribution in [0.5, 0.6) is 5.88 Å². The van der Waals surface area contributed by atoms with Gasteiger partial charge in [-0.2, -0.15) is 0 Å². The van der Waals surface area contributed by atoms with Gasteiger partial charge >= 0.3 is 0 Å². The zero-order chi connectivity index (χ0) is 14.6. The molecule has 0 unspecified atom stereocenters. The Morgan fingerprint density at radius 1 is 1.35 bits per heavy atom. The summed E-state index contributed by atoms with van der Waals surface area (Å²) in [7, 11) is 0. The van der Waals surface area contributed by atoms with E-state index in [9.17, 15) is 0 Å². The molecule has 110 valence electrons. The van der Waals surface area contributed by atoms with Crippen LogP contribution in [-0.4, -0.2) is 17.6 Å². The molecule has 0 bridgehead atoms. The Bertz CT molecular complexity index is 470. The first-order valence-corrected chi connectivity index (χ1v) is 7.48. The molecular formula is C17H26N2O. The summed E-state index contributed by atoms with van der Waals surface area (Å²) in [6, 6.07) is 4.96. The Morgan fingerprint density at radius 2 is 2.10 bits per heavy atom. The largest absolute Gasteiger partial charge is 0.473 e. The fraction of sp³-hybridized carbons (Fsp3) is 0.588. The maximum Gasteiger partial charge on any atom is 0.214 e. The number of nitrogens with zero attached hydrogens (tertiary/aromatic N) is 1. The summed E-state index contributed by atoms with van der Waals surface area (Å²) in [5.41, 5.74) is 2.38. The second-order valence-corrected chi connectivity index (χ2v) is 6.48. The Balaban J connectivity index is 2.13. The number of nitrogens with one attached hydrogen (secondary N) is 1. The van der Waals surface area contributed by atoms with Crippen molar-refractivity contribution in [3.63, 3.8) is 0 Å². The lowest BCUT2D eigenvalue weighted by Crippen LogP contribution is -2.18. The fourth-order valence-electron chi connectivity index (χ4n) is 1.90. The molecule has 1 aliphatic carbocycles. The zero-order valence-electron chi connectivity index (χ0n) is 13.1. The lowest BCUT2D eigenvalue weighted by molar-refractivity contribution is 0.343. The minimum Gasteiger partial charge on any atom is -0.473 e. The summed E-state index contributed by atoms with van der Waals surface area (Å²) in [4.78, 5) is 4.64. The molecule has 0 aromatic carbocycles. The van der Waals surface area contributed by atoms with E-state index in [2.05, 4.69) is 37.1 Å². The smallest absolute Gasteiger partial charge is 0.214 e. The maximum atomic E-state index is 5.72. The van der Waals surface area contributed by atoms with Gasteiger partial charge in [-0.05, 0) is 31.4 Å². The van der Waals surface area contributed by atoms with Gasteiger partial charge in [-0.3, -0.25) is 0 Å². The number of rotatable bonds is 6. The van der Waals surface area contributed by atoms with Crippen LogP contribution in [0.25, 0.3) is 0 Å². The van der Waals surface area contributed by atoms with Crippen LogP contribution in [0, 0.1) is 0 Å². The van der Waals surface area contributed by atoms with Gasteiger partial charge in [0.1, 0.15) is 6.61 Å². The van der Waals surface area contributed by atoms with Crippen LogP contribution in [0.3, 0.4) is 0 Å². The molecule has 3 nitrogen and oxygen atoms in total.